The summed E-state index contributed by atoms with van der Waals surface area (Å²) in [5.41, 5.74) is -0.100. The molecule has 0 saturated heterocycles. The van der Waals surface area contributed by atoms with Crippen molar-refractivity contribution in [1.29, 1.82) is 0 Å². The van der Waals surface area contributed by atoms with E-state index in [9.17, 15) is 10.1 Å². The second-order valence-electron chi connectivity index (χ2n) is 4.47. The minimum atomic E-state index is -0.505. The quantitative estimate of drug-likeness (QED) is 0.407. The summed E-state index contributed by atoms with van der Waals surface area (Å²) in [5.74, 6) is 0.661. The third kappa shape index (κ3) is 5.42. The van der Waals surface area contributed by atoms with Gasteiger partial charge in [-0.25, -0.2) is 4.98 Å². The fraction of sp³-hybridized carbons (Fsp3) is 0.615. The maximum Gasteiger partial charge on any atom is 0.277 e. The summed E-state index contributed by atoms with van der Waals surface area (Å²) < 4.78 is 5.53. The van der Waals surface area contributed by atoms with Crippen molar-refractivity contribution in [3.05, 3.63) is 27.4 Å². The highest BCUT2D eigenvalue weighted by Crippen LogP contribution is 2.23. The first-order valence-corrected chi connectivity index (χ1v) is 6.89. The molecule has 0 N–H and O–H groups in total. The van der Waals surface area contributed by atoms with Crippen molar-refractivity contribution in [2.75, 3.05) is 6.61 Å². The fourth-order valence-electron chi connectivity index (χ4n) is 1.74. The first kappa shape index (κ1) is 15.7. The summed E-state index contributed by atoms with van der Waals surface area (Å²) >= 11 is 5.73. The first-order valence-electron chi connectivity index (χ1n) is 6.51. The number of nitro groups is 1. The lowest BCUT2D eigenvalue weighted by Crippen LogP contribution is -2.12. The zero-order valence-corrected chi connectivity index (χ0v) is 12.0. The predicted octanol–water partition coefficient (Wildman–Crippen LogP) is 4.24. The van der Waals surface area contributed by atoms with Gasteiger partial charge in [0.1, 0.15) is 5.15 Å². The summed E-state index contributed by atoms with van der Waals surface area (Å²) in [6.07, 6.45) is 4.42. The van der Waals surface area contributed by atoms with E-state index in [0.717, 1.165) is 25.7 Å². The Labute approximate surface area is 118 Å². The number of rotatable bonds is 8. The van der Waals surface area contributed by atoms with Crippen LogP contribution < -0.4 is 4.74 Å². The van der Waals surface area contributed by atoms with E-state index >= 15 is 0 Å². The molecule has 5 nitrogen and oxygen atoms in total. The van der Waals surface area contributed by atoms with Gasteiger partial charge in [-0.3, -0.25) is 10.1 Å². The van der Waals surface area contributed by atoms with Gasteiger partial charge in [-0.2, -0.15) is 0 Å². The number of unbranched alkanes of at least 4 members (excludes halogenated alkanes) is 1. The van der Waals surface area contributed by atoms with Crippen LogP contribution in [-0.2, 0) is 0 Å². The number of aromatic nitrogens is 1. The molecule has 0 bridgehead atoms. The zero-order valence-electron chi connectivity index (χ0n) is 11.3. The summed E-state index contributed by atoms with van der Waals surface area (Å²) in [5, 5.41) is 10.8. The summed E-state index contributed by atoms with van der Waals surface area (Å²) in [4.78, 5) is 14.1. The largest absolute Gasteiger partial charge is 0.477 e. The van der Waals surface area contributed by atoms with E-state index in [1.54, 1.807) is 0 Å². The molecule has 0 aliphatic carbocycles. The highest BCUT2D eigenvalue weighted by atomic mass is 35.5. The van der Waals surface area contributed by atoms with Crippen LogP contribution in [0.2, 0.25) is 5.15 Å². The van der Waals surface area contributed by atoms with Crippen molar-refractivity contribution < 1.29 is 9.66 Å². The maximum absolute atomic E-state index is 10.7. The molecule has 106 valence electrons. The molecule has 6 heteroatoms. The molecule has 1 aromatic rings. The molecule has 0 spiro atoms. The molecule has 1 atom stereocenters. The lowest BCUT2D eigenvalue weighted by molar-refractivity contribution is -0.385. The normalized spacial score (nSPS) is 12.2. The lowest BCUT2D eigenvalue weighted by atomic mass is 10.0. The van der Waals surface area contributed by atoms with E-state index in [4.69, 9.17) is 16.3 Å². The SMILES string of the molecule is CCCCC(CC)COc1cc([N+](=O)[O-])cc(Cl)n1. The average Bonchev–Trinajstić information content (AvgIpc) is 2.38. The van der Waals surface area contributed by atoms with E-state index in [2.05, 4.69) is 18.8 Å². The van der Waals surface area contributed by atoms with Crippen molar-refractivity contribution >= 4 is 17.3 Å². The van der Waals surface area contributed by atoms with Crippen LogP contribution in [0.3, 0.4) is 0 Å². The number of ether oxygens (including phenoxy) is 1. The van der Waals surface area contributed by atoms with E-state index in [-0.39, 0.29) is 16.7 Å². The Kier molecular flexibility index (Phi) is 6.56. The zero-order chi connectivity index (χ0) is 14.3. The summed E-state index contributed by atoms with van der Waals surface area (Å²) in [7, 11) is 0. The van der Waals surface area contributed by atoms with E-state index < -0.39 is 4.92 Å². The Morgan fingerprint density at radius 1 is 1.47 bits per heavy atom. The monoisotopic (exact) mass is 286 g/mol. The summed E-state index contributed by atoms with van der Waals surface area (Å²) in [6, 6.07) is 2.52. The fourth-order valence-corrected chi connectivity index (χ4v) is 1.94. The van der Waals surface area contributed by atoms with Crippen molar-refractivity contribution in [2.24, 2.45) is 5.92 Å². The van der Waals surface area contributed by atoms with Crippen LogP contribution in [0.1, 0.15) is 39.5 Å². The second-order valence-corrected chi connectivity index (χ2v) is 4.86. The second kappa shape index (κ2) is 7.94. The Balaban J connectivity index is 2.63. The Morgan fingerprint density at radius 2 is 2.21 bits per heavy atom. The van der Waals surface area contributed by atoms with Gasteiger partial charge in [0, 0.05) is 0 Å². The van der Waals surface area contributed by atoms with Gasteiger partial charge in [-0.1, -0.05) is 44.7 Å². The van der Waals surface area contributed by atoms with Gasteiger partial charge in [0.2, 0.25) is 5.88 Å². The van der Waals surface area contributed by atoms with Gasteiger partial charge in [-0.15, -0.1) is 0 Å². The van der Waals surface area contributed by atoms with E-state index in [1.165, 1.54) is 12.1 Å². The molecule has 0 aliphatic heterocycles. The Bertz CT molecular complexity index is 426. The molecular weight excluding hydrogens is 268 g/mol. The number of hydrogen-bond donors (Lipinski definition) is 0. The molecule has 1 heterocycles. The van der Waals surface area contributed by atoms with Crippen LogP contribution in [0, 0.1) is 16.0 Å². The van der Waals surface area contributed by atoms with Crippen LogP contribution in [0.4, 0.5) is 5.69 Å². The van der Waals surface area contributed by atoms with Crippen LogP contribution >= 0.6 is 11.6 Å². The van der Waals surface area contributed by atoms with Crippen molar-refractivity contribution in [1.82, 2.24) is 4.98 Å². The topological polar surface area (TPSA) is 65.3 Å². The average molecular weight is 287 g/mol. The molecule has 1 rings (SSSR count). The van der Waals surface area contributed by atoms with Gasteiger partial charge in [-0.05, 0) is 12.3 Å². The van der Waals surface area contributed by atoms with Crippen LogP contribution in [0.15, 0.2) is 12.1 Å². The van der Waals surface area contributed by atoms with Crippen molar-refractivity contribution in [3.63, 3.8) is 0 Å². The predicted molar refractivity (Wildman–Crippen MR) is 74.7 cm³/mol. The molecule has 0 fully saturated rings. The smallest absolute Gasteiger partial charge is 0.277 e. The summed E-state index contributed by atoms with van der Waals surface area (Å²) in [6.45, 7) is 4.77. The van der Waals surface area contributed by atoms with Crippen LogP contribution in [0.5, 0.6) is 5.88 Å². The Morgan fingerprint density at radius 3 is 2.79 bits per heavy atom. The van der Waals surface area contributed by atoms with Crippen molar-refractivity contribution in [2.45, 2.75) is 39.5 Å². The van der Waals surface area contributed by atoms with Crippen LogP contribution in [-0.4, -0.2) is 16.5 Å². The standard InChI is InChI=1S/C13H19ClN2O3/c1-3-5-6-10(4-2)9-19-13-8-11(16(17)18)7-12(14)15-13/h7-8,10H,3-6,9H2,1-2H3. The molecule has 0 radical (unpaired) electrons. The molecule has 1 aromatic heterocycles. The number of hydrogen-bond acceptors (Lipinski definition) is 4. The van der Waals surface area contributed by atoms with Crippen LogP contribution in [0.25, 0.3) is 0 Å². The molecular formula is C13H19ClN2O3. The van der Waals surface area contributed by atoms with Crippen molar-refractivity contribution in [3.8, 4) is 5.88 Å². The van der Waals surface area contributed by atoms with Gasteiger partial charge in [0.15, 0.2) is 0 Å². The molecule has 0 amide bonds. The minimum Gasteiger partial charge on any atom is -0.477 e. The van der Waals surface area contributed by atoms with E-state index in [0.29, 0.717) is 12.5 Å². The third-order valence-electron chi connectivity index (χ3n) is 2.98. The minimum absolute atomic E-state index is 0.0748. The molecule has 0 aliphatic rings. The highest BCUT2D eigenvalue weighted by molar-refractivity contribution is 6.29. The lowest BCUT2D eigenvalue weighted by Gasteiger charge is -2.14. The van der Waals surface area contributed by atoms with Gasteiger partial charge < -0.3 is 4.74 Å². The number of halogens is 1. The first-order chi connectivity index (χ1) is 9.06. The third-order valence-corrected chi connectivity index (χ3v) is 3.17. The molecule has 19 heavy (non-hydrogen) atoms. The Hall–Kier alpha value is -1.36. The van der Waals surface area contributed by atoms with Gasteiger partial charge in [0.25, 0.3) is 5.69 Å². The van der Waals surface area contributed by atoms with Gasteiger partial charge >= 0.3 is 0 Å². The highest BCUT2D eigenvalue weighted by Gasteiger charge is 2.13. The number of nitrogens with zero attached hydrogens (tertiary/aromatic N) is 2. The molecule has 1 unspecified atom stereocenters. The van der Waals surface area contributed by atoms with E-state index in [1.807, 2.05) is 0 Å². The maximum atomic E-state index is 10.7. The number of pyridine rings is 1. The molecule has 0 aromatic carbocycles. The molecule has 0 saturated carbocycles. The van der Waals surface area contributed by atoms with Gasteiger partial charge in [0.05, 0.1) is 23.7 Å².